The van der Waals surface area contributed by atoms with Gasteiger partial charge < -0.3 is 5.32 Å². The van der Waals surface area contributed by atoms with Crippen LogP contribution in [0, 0.1) is 0 Å². The number of anilines is 1. The second-order valence-electron chi connectivity index (χ2n) is 4.24. The number of nitrogens with zero attached hydrogens (tertiary/aromatic N) is 4. The predicted molar refractivity (Wildman–Crippen MR) is 72.0 cm³/mol. The smallest absolute Gasteiger partial charge is 0.0894 e. The van der Waals surface area contributed by atoms with E-state index in [2.05, 4.69) is 32.7 Å². The van der Waals surface area contributed by atoms with Gasteiger partial charge in [0.25, 0.3) is 0 Å². The lowest BCUT2D eigenvalue weighted by atomic mass is 10.2. The van der Waals surface area contributed by atoms with E-state index in [1.54, 1.807) is 17.1 Å². The Morgan fingerprint density at radius 1 is 1.21 bits per heavy atom. The fourth-order valence-corrected chi connectivity index (χ4v) is 1.95. The van der Waals surface area contributed by atoms with Crippen LogP contribution in [0.25, 0.3) is 5.69 Å². The first-order valence-corrected chi connectivity index (χ1v) is 6.06. The fraction of sp³-hybridized carbons (Fsp3) is 0.154. The maximum absolute atomic E-state index is 4.02. The third kappa shape index (κ3) is 2.33. The average Bonchev–Trinajstić information content (AvgIpc) is 3.13. The number of aromatic nitrogens is 5. The van der Waals surface area contributed by atoms with Crippen LogP contribution in [0.2, 0.25) is 0 Å². The molecule has 0 aliphatic heterocycles. The fourth-order valence-electron chi connectivity index (χ4n) is 1.95. The number of rotatable bonds is 4. The molecule has 1 aromatic carbocycles. The zero-order chi connectivity index (χ0) is 13.1. The average molecular weight is 254 g/mol. The van der Waals surface area contributed by atoms with E-state index in [0.717, 1.165) is 17.1 Å². The molecule has 2 aromatic heterocycles. The second kappa shape index (κ2) is 4.93. The van der Waals surface area contributed by atoms with E-state index in [0.29, 0.717) is 0 Å². The Balaban J connectivity index is 1.89. The Morgan fingerprint density at radius 2 is 2.11 bits per heavy atom. The van der Waals surface area contributed by atoms with Crippen LogP contribution in [0.1, 0.15) is 18.7 Å². The lowest BCUT2D eigenvalue weighted by Crippen LogP contribution is -2.10. The van der Waals surface area contributed by atoms with Crippen LogP contribution >= 0.6 is 0 Å². The molecule has 0 bridgehead atoms. The monoisotopic (exact) mass is 254 g/mol. The molecular formula is C13H14N6. The number of nitrogens with one attached hydrogen (secondary N) is 2. The van der Waals surface area contributed by atoms with E-state index in [4.69, 9.17) is 0 Å². The van der Waals surface area contributed by atoms with E-state index in [1.165, 1.54) is 0 Å². The van der Waals surface area contributed by atoms with Gasteiger partial charge in [0.05, 0.1) is 35.5 Å². The van der Waals surface area contributed by atoms with E-state index < -0.39 is 0 Å². The first-order valence-electron chi connectivity index (χ1n) is 6.06. The first-order chi connectivity index (χ1) is 9.34. The van der Waals surface area contributed by atoms with Crippen LogP contribution in [0.5, 0.6) is 0 Å². The molecule has 1 atom stereocenters. The molecule has 96 valence electrons. The quantitative estimate of drug-likeness (QED) is 0.748. The molecular weight excluding hydrogens is 240 g/mol. The number of aromatic amines is 1. The summed E-state index contributed by atoms with van der Waals surface area (Å²) in [6.45, 7) is 2.08. The molecule has 3 rings (SSSR count). The molecule has 0 fully saturated rings. The van der Waals surface area contributed by atoms with Crippen LogP contribution in [-0.4, -0.2) is 25.2 Å². The van der Waals surface area contributed by atoms with Gasteiger partial charge >= 0.3 is 0 Å². The van der Waals surface area contributed by atoms with Gasteiger partial charge in [-0.25, -0.2) is 4.68 Å². The van der Waals surface area contributed by atoms with Crippen LogP contribution < -0.4 is 5.32 Å². The van der Waals surface area contributed by atoms with Gasteiger partial charge in [-0.3, -0.25) is 5.10 Å². The molecule has 6 nitrogen and oxygen atoms in total. The van der Waals surface area contributed by atoms with Crippen molar-refractivity contribution in [3.63, 3.8) is 0 Å². The van der Waals surface area contributed by atoms with Gasteiger partial charge in [-0.05, 0) is 25.1 Å². The molecule has 0 amide bonds. The third-order valence-electron chi connectivity index (χ3n) is 2.93. The van der Waals surface area contributed by atoms with E-state index in [-0.39, 0.29) is 6.04 Å². The zero-order valence-corrected chi connectivity index (χ0v) is 10.5. The minimum absolute atomic E-state index is 0.132. The van der Waals surface area contributed by atoms with Crippen molar-refractivity contribution in [3.05, 3.63) is 54.6 Å². The maximum atomic E-state index is 4.02. The maximum Gasteiger partial charge on any atom is 0.0894 e. The topological polar surface area (TPSA) is 71.4 Å². The highest BCUT2D eigenvalue weighted by Crippen LogP contribution is 2.23. The summed E-state index contributed by atoms with van der Waals surface area (Å²) in [6.07, 6.45) is 5.23. The SMILES string of the molecule is CC(Nc1ccccc1-n1ccnn1)c1ccn[nH]1. The van der Waals surface area contributed by atoms with Gasteiger partial charge in [0.2, 0.25) is 0 Å². The lowest BCUT2D eigenvalue weighted by molar-refractivity contribution is 0.790. The minimum atomic E-state index is 0.132. The Labute approximate surface area is 110 Å². The van der Waals surface area contributed by atoms with Crippen LogP contribution in [0.15, 0.2) is 48.9 Å². The minimum Gasteiger partial charge on any atom is -0.375 e. The Bertz CT molecular complexity index is 629. The summed E-state index contributed by atoms with van der Waals surface area (Å²) >= 11 is 0. The number of hydrogen-bond acceptors (Lipinski definition) is 4. The van der Waals surface area contributed by atoms with Crippen molar-refractivity contribution in [1.29, 1.82) is 0 Å². The van der Waals surface area contributed by atoms with Crippen molar-refractivity contribution in [1.82, 2.24) is 25.2 Å². The number of hydrogen-bond donors (Lipinski definition) is 2. The first kappa shape index (κ1) is 11.5. The summed E-state index contributed by atoms with van der Waals surface area (Å²) in [7, 11) is 0. The van der Waals surface area contributed by atoms with Gasteiger partial charge in [-0.2, -0.15) is 5.10 Å². The molecule has 0 saturated carbocycles. The van der Waals surface area contributed by atoms with Crippen LogP contribution in [0.4, 0.5) is 5.69 Å². The lowest BCUT2D eigenvalue weighted by Gasteiger charge is -2.16. The van der Waals surface area contributed by atoms with Crippen molar-refractivity contribution in [2.24, 2.45) is 0 Å². The summed E-state index contributed by atoms with van der Waals surface area (Å²) in [5, 5.41) is 18.2. The molecule has 1 unspecified atom stereocenters. The van der Waals surface area contributed by atoms with E-state index in [1.807, 2.05) is 36.5 Å². The highest BCUT2D eigenvalue weighted by molar-refractivity contribution is 5.61. The van der Waals surface area contributed by atoms with Crippen molar-refractivity contribution < 1.29 is 0 Å². The summed E-state index contributed by atoms with van der Waals surface area (Å²) in [4.78, 5) is 0. The summed E-state index contributed by atoms with van der Waals surface area (Å²) in [5.41, 5.74) is 3.00. The molecule has 0 aliphatic rings. The third-order valence-corrected chi connectivity index (χ3v) is 2.93. The summed E-state index contributed by atoms with van der Waals surface area (Å²) in [6, 6.07) is 10.1. The number of benzene rings is 1. The van der Waals surface area contributed by atoms with Gasteiger partial charge in [-0.1, -0.05) is 17.3 Å². The van der Waals surface area contributed by atoms with Gasteiger partial charge in [0.1, 0.15) is 0 Å². The Hall–Kier alpha value is -2.63. The van der Waals surface area contributed by atoms with Crippen molar-refractivity contribution >= 4 is 5.69 Å². The largest absolute Gasteiger partial charge is 0.375 e. The van der Waals surface area contributed by atoms with Crippen molar-refractivity contribution in [2.45, 2.75) is 13.0 Å². The van der Waals surface area contributed by atoms with Gasteiger partial charge in [0, 0.05) is 6.20 Å². The molecule has 3 aromatic rings. The molecule has 0 radical (unpaired) electrons. The van der Waals surface area contributed by atoms with Gasteiger partial charge in [0.15, 0.2) is 0 Å². The highest BCUT2D eigenvalue weighted by Gasteiger charge is 2.10. The van der Waals surface area contributed by atoms with Crippen molar-refractivity contribution in [3.8, 4) is 5.69 Å². The van der Waals surface area contributed by atoms with E-state index >= 15 is 0 Å². The molecule has 0 saturated heterocycles. The molecule has 0 spiro atoms. The molecule has 19 heavy (non-hydrogen) atoms. The van der Waals surface area contributed by atoms with E-state index in [9.17, 15) is 0 Å². The molecule has 2 heterocycles. The van der Waals surface area contributed by atoms with Crippen molar-refractivity contribution in [2.75, 3.05) is 5.32 Å². The summed E-state index contributed by atoms with van der Waals surface area (Å²) in [5.74, 6) is 0. The summed E-state index contributed by atoms with van der Waals surface area (Å²) < 4.78 is 1.74. The molecule has 2 N–H and O–H groups in total. The number of para-hydroxylation sites is 2. The Kier molecular flexibility index (Phi) is 2.97. The highest BCUT2D eigenvalue weighted by atomic mass is 15.4. The van der Waals surface area contributed by atoms with Crippen LogP contribution in [0.3, 0.4) is 0 Å². The molecule has 6 heteroatoms. The predicted octanol–water partition coefficient (Wildman–Crippen LogP) is 2.16. The van der Waals surface area contributed by atoms with Gasteiger partial charge in [-0.15, -0.1) is 5.10 Å². The Morgan fingerprint density at radius 3 is 2.84 bits per heavy atom. The normalized spacial score (nSPS) is 12.3. The second-order valence-corrected chi connectivity index (χ2v) is 4.24. The zero-order valence-electron chi connectivity index (χ0n) is 10.5. The molecule has 0 aliphatic carbocycles. The standard InChI is InChI=1S/C13H14N6/c1-10(11-6-7-14-17-11)16-12-4-2-3-5-13(12)19-9-8-15-18-19/h2-10,16H,1H3,(H,14,17). The van der Waals surface area contributed by atoms with Crippen LogP contribution in [-0.2, 0) is 0 Å². The number of H-pyrrole nitrogens is 1.